The van der Waals surface area contributed by atoms with Gasteiger partial charge in [0.1, 0.15) is 11.5 Å². The topological polar surface area (TPSA) is 55.5 Å². The summed E-state index contributed by atoms with van der Waals surface area (Å²) >= 11 is 3.23. The van der Waals surface area contributed by atoms with Crippen molar-refractivity contribution >= 4 is 15.9 Å². The number of hydrogen-bond donors (Lipinski definition) is 2. The summed E-state index contributed by atoms with van der Waals surface area (Å²) in [5, 5.41) is 9.49. The third-order valence-electron chi connectivity index (χ3n) is 1.89. The molecule has 0 aromatic heterocycles. The minimum absolute atomic E-state index is 0.0458. The molecule has 14 heavy (non-hydrogen) atoms. The summed E-state index contributed by atoms with van der Waals surface area (Å²) in [4.78, 5) is 0. The Morgan fingerprint density at radius 3 is 2.71 bits per heavy atom. The van der Waals surface area contributed by atoms with Crippen molar-refractivity contribution in [2.75, 3.05) is 7.11 Å². The average molecular weight is 260 g/mol. The van der Waals surface area contributed by atoms with E-state index in [1.165, 1.54) is 0 Å². The molecule has 1 atom stereocenters. The van der Waals surface area contributed by atoms with Crippen molar-refractivity contribution in [3.63, 3.8) is 0 Å². The fourth-order valence-corrected chi connectivity index (χ4v) is 1.61. The monoisotopic (exact) mass is 259 g/mol. The molecule has 0 bridgehead atoms. The third-order valence-corrected chi connectivity index (χ3v) is 2.53. The minimum Gasteiger partial charge on any atom is -0.507 e. The first kappa shape index (κ1) is 11.3. The van der Waals surface area contributed by atoms with Crippen molar-refractivity contribution in [1.82, 2.24) is 0 Å². The SMILES string of the molecule is COc1cc(Br)c(O)cc1C[C@@H](C)N. The van der Waals surface area contributed by atoms with Crippen LogP contribution in [0.2, 0.25) is 0 Å². The van der Waals surface area contributed by atoms with E-state index in [1.54, 1.807) is 19.2 Å². The maximum Gasteiger partial charge on any atom is 0.130 e. The summed E-state index contributed by atoms with van der Waals surface area (Å²) in [6.45, 7) is 1.92. The zero-order valence-corrected chi connectivity index (χ0v) is 9.84. The normalized spacial score (nSPS) is 12.6. The molecule has 1 rings (SSSR count). The summed E-state index contributed by atoms with van der Waals surface area (Å²) < 4.78 is 5.81. The quantitative estimate of drug-likeness (QED) is 0.874. The molecule has 0 aliphatic carbocycles. The highest BCUT2D eigenvalue weighted by Gasteiger charge is 2.09. The molecule has 0 amide bonds. The van der Waals surface area contributed by atoms with Gasteiger partial charge in [0.25, 0.3) is 0 Å². The van der Waals surface area contributed by atoms with E-state index in [-0.39, 0.29) is 11.8 Å². The molecule has 0 radical (unpaired) electrons. The van der Waals surface area contributed by atoms with E-state index >= 15 is 0 Å². The van der Waals surface area contributed by atoms with Crippen molar-refractivity contribution in [2.24, 2.45) is 5.73 Å². The van der Waals surface area contributed by atoms with Crippen LogP contribution >= 0.6 is 15.9 Å². The number of phenols is 1. The predicted octanol–water partition coefficient (Wildman–Crippen LogP) is 2.05. The number of rotatable bonds is 3. The summed E-state index contributed by atoms with van der Waals surface area (Å²) in [5.41, 5.74) is 6.61. The fourth-order valence-electron chi connectivity index (χ4n) is 1.28. The van der Waals surface area contributed by atoms with Crippen molar-refractivity contribution in [1.29, 1.82) is 0 Å². The molecule has 4 heteroatoms. The highest BCUT2D eigenvalue weighted by Crippen LogP contribution is 2.32. The van der Waals surface area contributed by atoms with Gasteiger partial charge in [0.2, 0.25) is 0 Å². The first-order valence-electron chi connectivity index (χ1n) is 4.35. The predicted molar refractivity (Wildman–Crippen MR) is 59.7 cm³/mol. The van der Waals surface area contributed by atoms with Gasteiger partial charge in [-0.05, 0) is 47.0 Å². The smallest absolute Gasteiger partial charge is 0.130 e. The number of aromatic hydroxyl groups is 1. The van der Waals surface area contributed by atoms with Gasteiger partial charge in [0, 0.05) is 6.04 Å². The summed E-state index contributed by atoms with van der Waals surface area (Å²) in [6, 6.07) is 3.46. The number of nitrogens with two attached hydrogens (primary N) is 1. The Labute approximate surface area is 92.0 Å². The molecule has 0 saturated carbocycles. The summed E-state index contributed by atoms with van der Waals surface area (Å²) in [5.74, 6) is 0.952. The molecule has 0 saturated heterocycles. The van der Waals surface area contributed by atoms with E-state index in [1.807, 2.05) is 6.92 Å². The third kappa shape index (κ3) is 2.62. The number of benzene rings is 1. The van der Waals surface area contributed by atoms with Crippen molar-refractivity contribution < 1.29 is 9.84 Å². The first-order chi connectivity index (χ1) is 6.54. The lowest BCUT2D eigenvalue weighted by Gasteiger charge is -2.11. The standard InChI is InChI=1S/C10H14BrNO2/c1-6(12)3-7-4-9(13)8(11)5-10(7)14-2/h4-6,13H,3,12H2,1-2H3/t6-/m1/s1. The Morgan fingerprint density at radius 2 is 2.21 bits per heavy atom. The van der Waals surface area contributed by atoms with E-state index in [0.717, 1.165) is 11.3 Å². The van der Waals surface area contributed by atoms with Crippen LogP contribution in [0.4, 0.5) is 0 Å². The largest absolute Gasteiger partial charge is 0.507 e. The van der Waals surface area contributed by atoms with E-state index < -0.39 is 0 Å². The van der Waals surface area contributed by atoms with Gasteiger partial charge in [-0.1, -0.05) is 0 Å². The molecule has 1 aromatic rings. The molecule has 3 nitrogen and oxygen atoms in total. The molecule has 1 aromatic carbocycles. The van der Waals surface area contributed by atoms with Gasteiger partial charge in [0.15, 0.2) is 0 Å². The van der Waals surface area contributed by atoms with Gasteiger partial charge in [-0.3, -0.25) is 0 Å². The highest BCUT2D eigenvalue weighted by molar-refractivity contribution is 9.10. The number of hydrogen-bond acceptors (Lipinski definition) is 3. The lowest BCUT2D eigenvalue weighted by Crippen LogP contribution is -2.18. The Balaban J connectivity index is 3.07. The zero-order valence-electron chi connectivity index (χ0n) is 8.25. The van der Waals surface area contributed by atoms with E-state index in [0.29, 0.717) is 10.9 Å². The molecule has 0 aliphatic heterocycles. The molecular formula is C10H14BrNO2. The maximum absolute atomic E-state index is 9.49. The second-order valence-electron chi connectivity index (χ2n) is 3.30. The van der Waals surface area contributed by atoms with Crippen molar-refractivity contribution in [3.8, 4) is 11.5 Å². The molecular weight excluding hydrogens is 246 g/mol. The van der Waals surface area contributed by atoms with Gasteiger partial charge >= 0.3 is 0 Å². The maximum atomic E-state index is 9.49. The van der Waals surface area contributed by atoms with Gasteiger partial charge in [-0.15, -0.1) is 0 Å². The number of ether oxygens (including phenoxy) is 1. The Morgan fingerprint density at radius 1 is 1.57 bits per heavy atom. The molecule has 0 heterocycles. The molecule has 3 N–H and O–H groups in total. The van der Waals surface area contributed by atoms with Crippen LogP contribution in [0.25, 0.3) is 0 Å². The minimum atomic E-state index is 0.0458. The van der Waals surface area contributed by atoms with E-state index in [4.69, 9.17) is 10.5 Å². The number of methoxy groups -OCH3 is 1. The van der Waals surface area contributed by atoms with Crippen molar-refractivity contribution in [3.05, 3.63) is 22.2 Å². The molecule has 0 fully saturated rings. The van der Waals surface area contributed by atoms with Crippen LogP contribution in [0, 0.1) is 0 Å². The van der Waals surface area contributed by atoms with Crippen LogP contribution in [0.5, 0.6) is 11.5 Å². The van der Waals surface area contributed by atoms with Gasteiger partial charge in [-0.2, -0.15) is 0 Å². The average Bonchev–Trinajstić information content (AvgIpc) is 2.10. The second-order valence-corrected chi connectivity index (χ2v) is 4.15. The van der Waals surface area contributed by atoms with Gasteiger partial charge in [-0.25, -0.2) is 0 Å². The lowest BCUT2D eigenvalue weighted by molar-refractivity contribution is 0.404. The molecule has 0 unspecified atom stereocenters. The zero-order chi connectivity index (χ0) is 10.7. The molecule has 78 valence electrons. The van der Waals surface area contributed by atoms with Gasteiger partial charge < -0.3 is 15.6 Å². The first-order valence-corrected chi connectivity index (χ1v) is 5.15. The van der Waals surface area contributed by atoms with E-state index in [2.05, 4.69) is 15.9 Å². The van der Waals surface area contributed by atoms with Crippen LogP contribution in [-0.4, -0.2) is 18.3 Å². The van der Waals surface area contributed by atoms with Crippen LogP contribution < -0.4 is 10.5 Å². The fraction of sp³-hybridized carbons (Fsp3) is 0.400. The lowest BCUT2D eigenvalue weighted by atomic mass is 10.1. The molecule has 0 aliphatic rings. The van der Waals surface area contributed by atoms with Crippen LogP contribution in [0.1, 0.15) is 12.5 Å². The van der Waals surface area contributed by atoms with Crippen LogP contribution in [0.3, 0.4) is 0 Å². The number of phenolic OH excluding ortho intramolecular Hbond substituents is 1. The number of halogens is 1. The second kappa shape index (κ2) is 4.66. The Kier molecular flexibility index (Phi) is 3.77. The van der Waals surface area contributed by atoms with Crippen LogP contribution in [-0.2, 0) is 6.42 Å². The summed E-state index contributed by atoms with van der Waals surface area (Å²) in [6.07, 6.45) is 0.685. The summed E-state index contributed by atoms with van der Waals surface area (Å²) in [7, 11) is 1.60. The van der Waals surface area contributed by atoms with Crippen LogP contribution in [0.15, 0.2) is 16.6 Å². The Hall–Kier alpha value is -0.740. The molecule has 0 spiro atoms. The van der Waals surface area contributed by atoms with Gasteiger partial charge in [0.05, 0.1) is 11.6 Å². The van der Waals surface area contributed by atoms with Crippen molar-refractivity contribution in [2.45, 2.75) is 19.4 Å². The highest BCUT2D eigenvalue weighted by atomic mass is 79.9. The van der Waals surface area contributed by atoms with E-state index in [9.17, 15) is 5.11 Å². The Bertz CT molecular complexity index is 326.